The second-order valence-corrected chi connectivity index (χ2v) is 11.5. The average Bonchev–Trinajstić information content (AvgIpc) is 3.15. The van der Waals surface area contributed by atoms with Gasteiger partial charge in [0.2, 0.25) is 0 Å². The lowest BCUT2D eigenvalue weighted by Gasteiger charge is -2.15. The third-order valence-corrected chi connectivity index (χ3v) is 8.33. The van der Waals surface area contributed by atoms with Crippen molar-refractivity contribution in [1.29, 1.82) is 0 Å². The molecule has 0 saturated carbocycles. The van der Waals surface area contributed by atoms with Crippen LogP contribution >= 0.6 is 11.6 Å². The fourth-order valence-corrected chi connectivity index (χ4v) is 6.05. The van der Waals surface area contributed by atoms with Crippen molar-refractivity contribution in [2.45, 2.75) is 0 Å². The normalized spacial score (nSPS) is 11.1. The van der Waals surface area contributed by atoms with E-state index in [2.05, 4.69) is 24.3 Å². The van der Waals surface area contributed by atoms with Gasteiger partial charge >= 0.3 is 0 Å². The number of rotatable bonds is 6. The molecule has 8 rings (SSSR count). The van der Waals surface area contributed by atoms with Crippen molar-refractivity contribution in [2.24, 2.45) is 0 Å². The van der Waals surface area contributed by atoms with E-state index in [-0.39, 0.29) is 0 Å². The average molecular weight is 624 g/mol. The number of para-hydroxylation sites is 1. The Bertz CT molecular complexity index is 2300. The van der Waals surface area contributed by atoms with Gasteiger partial charge in [0.15, 0.2) is 23.3 Å². The summed E-state index contributed by atoms with van der Waals surface area (Å²) in [5.41, 5.74) is 8.03. The molecular weight excluding hydrogens is 598 g/mol. The minimum absolute atomic E-state index is 0.541. The fraction of sp³-hybridized carbons (Fsp3) is 0. The van der Waals surface area contributed by atoms with Gasteiger partial charge in [0, 0.05) is 43.8 Å². The highest BCUT2D eigenvalue weighted by molar-refractivity contribution is 6.34. The van der Waals surface area contributed by atoms with E-state index in [0.717, 1.165) is 55.5 Å². The first kappa shape index (κ1) is 28.4. The summed E-state index contributed by atoms with van der Waals surface area (Å²) in [6.45, 7) is 0. The molecule has 0 saturated heterocycles. The first-order valence-electron chi connectivity index (χ1n) is 15.3. The van der Waals surface area contributed by atoms with E-state index < -0.39 is 0 Å². The molecule has 2 aromatic heterocycles. The third-order valence-electron chi connectivity index (χ3n) is 8.01. The van der Waals surface area contributed by atoms with Crippen molar-refractivity contribution in [2.75, 3.05) is 0 Å². The lowest BCUT2D eigenvalue weighted by atomic mass is 9.95. The van der Waals surface area contributed by atoms with Crippen LogP contribution in [0.25, 0.3) is 78.8 Å². The van der Waals surface area contributed by atoms with Gasteiger partial charge in [-0.25, -0.2) is 24.9 Å². The highest BCUT2D eigenvalue weighted by Gasteiger charge is 2.19. The molecule has 2 heterocycles. The lowest BCUT2D eigenvalue weighted by Crippen LogP contribution is -2.01. The maximum Gasteiger partial charge on any atom is 0.164 e. The molecule has 0 aliphatic rings. The molecule has 8 aromatic rings. The quantitative estimate of drug-likeness (QED) is 0.184. The van der Waals surface area contributed by atoms with Crippen molar-refractivity contribution in [3.8, 4) is 67.9 Å². The summed E-state index contributed by atoms with van der Waals surface area (Å²) in [6, 6.07) is 52.2. The maximum atomic E-state index is 7.03. The lowest BCUT2D eigenvalue weighted by molar-refractivity contribution is 1.07. The molecule has 0 spiro atoms. The van der Waals surface area contributed by atoms with Crippen LogP contribution in [-0.2, 0) is 0 Å². The summed E-state index contributed by atoms with van der Waals surface area (Å²) >= 11 is 7.03. The van der Waals surface area contributed by atoms with Crippen LogP contribution in [-0.4, -0.2) is 24.9 Å². The number of aromatic nitrogens is 5. The molecule has 5 nitrogen and oxygen atoms in total. The summed E-state index contributed by atoms with van der Waals surface area (Å²) in [5, 5.41) is 1.57. The molecule has 0 aliphatic carbocycles. The molecule has 0 amide bonds. The SMILES string of the molecule is Clc1cccc(-c2nc(-c3ccccc3)nc(-c3ccccc3)n2)c1-c1cccc(-c2nc(-c3ccccc3)nc3ccccc23)c1. The fourth-order valence-electron chi connectivity index (χ4n) is 5.77. The minimum atomic E-state index is 0.541. The maximum absolute atomic E-state index is 7.03. The van der Waals surface area contributed by atoms with Crippen LogP contribution in [0.3, 0.4) is 0 Å². The standard InChI is InChI=1S/C41H26ClN5/c42-34-24-13-23-33(41-46-39(28-16-6-2-7-17-28)45-40(47-41)29-18-8-3-9-19-29)36(34)30-20-12-21-31(26-30)37-32-22-10-11-25-35(32)43-38(44-37)27-14-4-1-5-15-27/h1-26H. The highest BCUT2D eigenvalue weighted by Crippen LogP contribution is 2.39. The van der Waals surface area contributed by atoms with Gasteiger partial charge in [0.1, 0.15) is 0 Å². The van der Waals surface area contributed by atoms with Gasteiger partial charge < -0.3 is 0 Å². The van der Waals surface area contributed by atoms with E-state index in [9.17, 15) is 0 Å². The van der Waals surface area contributed by atoms with Gasteiger partial charge in [0.05, 0.1) is 11.2 Å². The molecule has 0 N–H and O–H groups in total. The number of hydrogen-bond acceptors (Lipinski definition) is 5. The summed E-state index contributed by atoms with van der Waals surface area (Å²) in [6.07, 6.45) is 0. The summed E-state index contributed by atoms with van der Waals surface area (Å²) in [5.74, 6) is 2.40. The Kier molecular flexibility index (Phi) is 7.50. The molecule has 0 atom stereocenters. The number of benzene rings is 6. The third kappa shape index (κ3) is 5.65. The molecule has 6 aromatic carbocycles. The Morgan fingerprint density at radius 2 is 0.851 bits per heavy atom. The molecule has 6 heteroatoms. The van der Waals surface area contributed by atoms with Crippen LogP contribution in [0.5, 0.6) is 0 Å². The van der Waals surface area contributed by atoms with Gasteiger partial charge in [-0.1, -0.05) is 151 Å². The topological polar surface area (TPSA) is 64.5 Å². The van der Waals surface area contributed by atoms with Crippen molar-refractivity contribution in [3.05, 3.63) is 163 Å². The van der Waals surface area contributed by atoms with Crippen LogP contribution in [0, 0.1) is 0 Å². The van der Waals surface area contributed by atoms with Crippen molar-refractivity contribution < 1.29 is 0 Å². The summed E-state index contributed by atoms with van der Waals surface area (Å²) < 4.78 is 0. The zero-order valence-electron chi connectivity index (χ0n) is 25.1. The number of halogens is 1. The Morgan fingerprint density at radius 1 is 0.362 bits per heavy atom. The largest absolute Gasteiger partial charge is 0.228 e. The Hall–Kier alpha value is -6.04. The summed E-state index contributed by atoms with van der Waals surface area (Å²) in [7, 11) is 0. The molecule has 0 aliphatic heterocycles. The van der Waals surface area contributed by atoms with E-state index in [4.69, 9.17) is 36.5 Å². The highest BCUT2D eigenvalue weighted by atomic mass is 35.5. The molecule has 0 unspecified atom stereocenters. The molecular formula is C41H26ClN5. The Balaban J connectivity index is 1.31. The van der Waals surface area contributed by atoms with Gasteiger partial charge in [-0.3, -0.25) is 0 Å². The van der Waals surface area contributed by atoms with Gasteiger partial charge in [-0.2, -0.15) is 0 Å². The molecule has 222 valence electrons. The van der Waals surface area contributed by atoms with E-state index in [1.807, 2.05) is 133 Å². The Morgan fingerprint density at radius 3 is 1.49 bits per heavy atom. The van der Waals surface area contributed by atoms with Crippen molar-refractivity contribution >= 4 is 22.5 Å². The smallest absolute Gasteiger partial charge is 0.164 e. The second kappa shape index (κ2) is 12.4. The molecule has 0 fully saturated rings. The monoisotopic (exact) mass is 623 g/mol. The predicted octanol–water partition coefficient (Wildman–Crippen LogP) is 10.5. The number of fused-ring (bicyclic) bond motifs is 1. The van der Waals surface area contributed by atoms with Crippen molar-refractivity contribution in [3.63, 3.8) is 0 Å². The molecule has 0 bridgehead atoms. The molecule has 47 heavy (non-hydrogen) atoms. The number of hydrogen-bond donors (Lipinski definition) is 0. The van der Waals surface area contributed by atoms with Crippen LogP contribution in [0.2, 0.25) is 5.02 Å². The predicted molar refractivity (Wildman–Crippen MR) is 191 cm³/mol. The van der Waals surface area contributed by atoms with Crippen LogP contribution in [0.4, 0.5) is 0 Å². The van der Waals surface area contributed by atoms with E-state index in [0.29, 0.717) is 28.3 Å². The molecule has 0 radical (unpaired) electrons. The Labute approximate surface area is 277 Å². The van der Waals surface area contributed by atoms with E-state index >= 15 is 0 Å². The van der Waals surface area contributed by atoms with Gasteiger partial charge in [0.25, 0.3) is 0 Å². The van der Waals surface area contributed by atoms with Crippen LogP contribution < -0.4 is 0 Å². The van der Waals surface area contributed by atoms with Crippen LogP contribution in [0.1, 0.15) is 0 Å². The van der Waals surface area contributed by atoms with Gasteiger partial charge in [-0.15, -0.1) is 0 Å². The van der Waals surface area contributed by atoms with Crippen LogP contribution in [0.15, 0.2) is 158 Å². The number of nitrogens with zero attached hydrogens (tertiary/aromatic N) is 5. The first-order valence-corrected chi connectivity index (χ1v) is 15.7. The zero-order chi connectivity index (χ0) is 31.6. The zero-order valence-corrected chi connectivity index (χ0v) is 25.9. The summed E-state index contributed by atoms with van der Waals surface area (Å²) in [4.78, 5) is 24.8. The van der Waals surface area contributed by atoms with E-state index in [1.54, 1.807) is 0 Å². The van der Waals surface area contributed by atoms with Crippen molar-refractivity contribution in [1.82, 2.24) is 24.9 Å². The van der Waals surface area contributed by atoms with E-state index in [1.165, 1.54) is 0 Å². The second-order valence-electron chi connectivity index (χ2n) is 11.1. The minimum Gasteiger partial charge on any atom is -0.228 e. The van der Waals surface area contributed by atoms with Gasteiger partial charge in [-0.05, 0) is 23.8 Å². The first-order chi connectivity index (χ1) is 23.2.